The average Bonchev–Trinajstić information content (AvgIpc) is 2.38. The van der Waals surface area contributed by atoms with E-state index >= 15 is 0 Å². The second kappa shape index (κ2) is 8.02. The van der Waals surface area contributed by atoms with Crippen LogP contribution in [0.1, 0.15) is 18.5 Å². The van der Waals surface area contributed by atoms with Gasteiger partial charge >= 0.3 is 0 Å². The van der Waals surface area contributed by atoms with Gasteiger partial charge in [-0.25, -0.2) is 4.39 Å². The number of rotatable bonds is 7. The van der Waals surface area contributed by atoms with E-state index in [0.29, 0.717) is 17.1 Å². The minimum atomic E-state index is -0.245. The first-order chi connectivity index (χ1) is 8.69. The number of benzene rings is 1. The molecule has 1 unspecified atom stereocenters. The Kier molecular flexibility index (Phi) is 6.63. The van der Waals surface area contributed by atoms with Gasteiger partial charge in [-0.15, -0.1) is 18.2 Å². The lowest BCUT2D eigenvalue weighted by Crippen LogP contribution is -2.22. The Morgan fingerprint density at radius 1 is 1.56 bits per heavy atom. The molecule has 0 aliphatic rings. The number of hydrogen-bond donors (Lipinski definition) is 1. The van der Waals surface area contributed by atoms with Crippen molar-refractivity contribution in [1.29, 1.82) is 0 Å². The van der Waals surface area contributed by atoms with Gasteiger partial charge in [0, 0.05) is 30.0 Å². The molecule has 0 amide bonds. The number of terminal acetylenes is 1. The summed E-state index contributed by atoms with van der Waals surface area (Å²) < 4.78 is 18.7. The molecule has 0 saturated carbocycles. The summed E-state index contributed by atoms with van der Waals surface area (Å²) in [6, 6.07) is 4.90. The van der Waals surface area contributed by atoms with Crippen LogP contribution in [0.3, 0.4) is 0 Å². The number of thioether (sulfide) groups is 1. The quantitative estimate of drug-likeness (QED) is 0.606. The van der Waals surface area contributed by atoms with Crippen LogP contribution in [-0.4, -0.2) is 25.2 Å². The molecule has 1 rings (SSSR count). The van der Waals surface area contributed by atoms with Crippen molar-refractivity contribution in [3.8, 4) is 18.1 Å². The van der Waals surface area contributed by atoms with Crippen molar-refractivity contribution < 1.29 is 9.13 Å². The highest BCUT2D eigenvalue weighted by Gasteiger charge is 2.10. The molecule has 98 valence electrons. The van der Waals surface area contributed by atoms with Crippen molar-refractivity contribution in [2.24, 2.45) is 0 Å². The zero-order valence-corrected chi connectivity index (χ0v) is 11.5. The smallest absolute Gasteiger partial charge is 0.131 e. The molecule has 0 aliphatic carbocycles. The maximum atomic E-state index is 13.8. The molecule has 0 aromatic heterocycles. The SMILES string of the molecule is C#CCSCCNC(C)c1ccc(OC)cc1F. The molecule has 0 radical (unpaired) electrons. The fourth-order valence-electron chi connectivity index (χ4n) is 1.57. The van der Waals surface area contributed by atoms with E-state index in [1.165, 1.54) is 13.2 Å². The molecule has 0 bridgehead atoms. The van der Waals surface area contributed by atoms with Crippen LogP contribution in [0.15, 0.2) is 18.2 Å². The molecule has 18 heavy (non-hydrogen) atoms. The molecule has 0 aliphatic heterocycles. The van der Waals surface area contributed by atoms with Crippen molar-refractivity contribution in [1.82, 2.24) is 5.32 Å². The summed E-state index contributed by atoms with van der Waals surface area (Å²) in [5, 5.41) is 3.27. The first-order valence-corrected chi connectivity index (χ1v) is 6.92. The van der Waals surface area contributed by atoms with Gasteiger partial charge in [0.1, 0.15) is 11.6 Å². The van der Waals surface area contributed by atoms with E-state index in [1.807, 2.05) is 6.92 Å². The first kappa shape index (κ1) is 14.9. The fourth-order valence-corrected chi connectivity index (χ4v) is 2.10. The number of nitrogens with one attached hydrogen (secondary N) is 1. The van der Waals surface area contributed by atoms with Gasteiger partial charge in [0.05, 0.1) is 12.9 Å². The summed E-state index contributed by atoms with van der Waals surface area (Å²) in [4.78, 5) is 0. The number of halogens is 1. The van der Waals surface area contributed by atoms with Crippen LogP contribution in [0.4, 0.5) is 4.39 Å². The van der Waals surface area contributed by atoms with Gasteiger partial charge < -0.3 is 10.1 Å². The van der Waals surface area contributed by atoms with Crippen molar-refractivity contribution in [2.75, 3.05) is 25.2 Å². The minimum Gasteiger partial charge on any atom is -0.497 e. The monoisotopic (exact) mass is 267 g/mol. The van der Waals surface area contributed by atoms with Crippen molar-refractivity contribution >= 4 is 11.8 Å². The Balaban J connectivity index is 2.46. The van der Waals surface area contributed by atoms with E-state index in [0.717, 1.165) is 12.3 Å². The molecule has 0 heterocycles. The zero-order chi connectivity index (χ0) is 13.4. The van der Waals surface area contributed by atoms with E-state index in [9.17, 15) is 4.39 Å². The summed E-state index contributed by atoms with van der Waals surface area (Å²) in [6.45, 7) is 2.75. The third-order valence-corrected chi connectivity index (χ3v) is 3.42. The summed E-state index contributed by atoms with van der Waals surface area (Å²) in [7, 11) is 1.53. The van der Waals surface area contributed by atoms with Crippen molar-refractivity contribution in [3.05, 3.63) is 29.6 Å². The highest BCUT2D eigenvalue weighted by molar-refractivity contribution is 7.99. The fraction of sp³-hybridized carbons (Fsp3) is 0.429. The Morgan fingerprint density at radius 2 is 2.33 bits per heavy atom. The van der Waals surface area contributed by atoms with Crippen LogP contribution in [0.25, 0.3) is 0 Å². The van der Waals surface area contributed by atoms with Gasteiger partial charge in [0.15, 0.2) is 0 Å². The summed E-state index contributed by atoms with van der Waals surface area (Å²) in [5.74, 6) is 4.50. The van der Waals surface area contributed by atoms with Crippen LogP contribution in [0, 0.1) is 18.2 Å². The molecule has 0 spiro atoms. The van der Waals surface area contributed by atoms with Crippen LogP contribution in [0.2, 0.25) is 0 Å². The third-order valence-electron chi connectivity index (χ3n) is 2.56. The van der Waals surface area contributed by atoms with E-state index in [-0.39, 0.29) is 11.9 Å². The van der Waals surface area contributed by atoms with Crippen molar-refractivity contribution in [2.45, 2.75) is 13.0 Å². The van der Waals surface area contributed by atoms with Gasteiger partial charge in [-0.3, -0.25) is 0 Å². The average molecular weight is 267 g/mol. The van der Waals surface area contributed by atoms with Gasteiger partial charge in [0.2, 0.25) is 0 Å². The molecular formula is C14H18FNOS. The molecule has 2 nitrogen and oxygen atoms in total. The Labute approximate surface area is 112 Å². The molecular weight excluding hydrogens is 249 g/mol. The normalized spacial score (nSPS) is 11.9. The maximum absolute atomic E-state index is 13.8. The second-order valence-electron chi connectivity index (χ2n) is 3.82. The molecule has 1 atom stereocenters. The topological polar surface area (TPSA) is 21.3 Å². The summed E-state index contributed by atoms with van der Waals surface area (Å²) in [6.07, 6.45) is 5.16. The van der Waals surface area contributed by atoms with E-state index < -0.39 is 0 Å². The van der Waals surface area contributed by atoms with Gasteiger partial charge in [-0.2, -0.15) is 0 Å². The van der Waals surface area contributed by atoms with Crippen LogP contribution in [0.5, 0.6) is 5.75 Å². The predicted molar refractivity (Wildman–Crippen MR) is 75.5 cm³/mol. The van der Waals surface area contributed by atoms with Gasteiger partial charge in [-0.1, -0.05) is 12.0 Å². The lowest BCUT2D eigenvalue weighted by atomic mass is 10.1. The molecule has 0 fully saturated rings. The Morgan fingerprint density at radius 3 is 2.94 bits per heavy atom. The molecule has 1 N–H and O–H groups in total. The number of methoxy groups -OCH3 is 1. The Bertz CT molecular complexity index is 417. The molecule has 4 heteroatoms. The largest absolute Gasteiger partial charge is 0.497 e. The summed E-state index contributed by atoms with van der Waals surface area (Å²) >= 11 is 1.69. The predicted octanol–water partition coefficient (Wildman–Crippen LogP) is 2.85. The van der Waals surface area contributed by atoms with E-state index in [2.05, 4.69) is 11.2 Å². The first-order valence-electron chi connectivity index (χ1n) is 5.77. The molecule has 1 aromatic carbocycles. The lowest BCUT2D eigenvalue weighted by molar-refractivity contribution is 0.409. The second-order valence-corrected chi connectivity index (χ2v) is 4.93. The van der Waals surface area contributed by atoms with Crippen LogP contribution < -0.4 is 10.1 Å². The number of ether oxygens (including phenoxy) is 1. The van der Waals surface area contributed by atoms with Crippen molar-refractivity contribution in [3.63, 3.8) is 0 Å². The standard InChI is InChI=1S/C14H18FNOS/c1-4-8-18-9-7-16-11(2)13-6-5-12(17-3)10-14(13)15/h1,5-6,10-11,16H,7-9H2,2-3H3. The highest BCUT2D eigenvalue weighted by Crippen LogP contribution is 2.21. The van der Waals surface area contributed by atoms with Gasteiger partial charge in [0.25, 0.3) is 0 Å². The van der Waals surface area contributed by atoms with Gasteiger partial charge in [-0.05, 0) is 13.0 Å². The van der Waals surface area contributed by atoms with Crippen LogP contribution in [-0.2, 0) is 0 Å². The number of hydrogen-bond acceptors (Lipinski definition) is 3. The van der Waals surface area contributed by atoms with Crippen LogP contribution >= 0.6 is 11.8 Å². The minimum absolute atomic E-state index is 0.0256. The summed E-state index contributed by atoms with van der Waals surface area (Å²) in [5.41, 5.74) is 0.651. The third kappa shape index (κ3) is 4.59. The molecule has 1 aromatic rings. The van der Waals surface area contributed by atoms with E-state index in [1.54, 1.807) is 23.9 Å². The maximum Gasteiger partial charge on any atom is 0.131 e. The highest BCUT2D eigenvalue weighted by atomic mass is 32.2. The zero-order valence-electron chi connectivity index (χ0n) is 10.7. The van der Waals surface area contributed by atoms with E-state index in [4.69, 9.17) is 11.2 Å². The Hall–Kier alpha value is -1.18. The lowest BCUT2D eigenvalue weighted by Gasteiger charge is -2.15. The molecule has 0 saturated heterocycles.